The van der Waals surface area contributed by atoms with Gasteiger partial charge in [-0.1, -0.05) is 12.1 Å². The number of carbonyl (C=O) groups excluding carboxylic acids is 1. The van der Waals surface area contributed by atoms with Gasteiger partial charge >= 0.3 is 5.97 Å². The number of ether oxygens (including phenoxy) is 1. The molecule has 0 aliphatic rings. The number of carboxylic acid groups (broad SMARTS) is 1. The van der Waals surface area contributed by atoms with Crippen molar-refractivity contribution in [1.29, 1.82) is 0 Å². The van der Waals surface area contributed by atoms with Gasteiger partial charge in [-0.05, 0) is 30.7 Å². The van der Waals surface area contributed by atoms with E-state index in [2.05, 4.69) is 5.32 Å². The number of aliphatic carboxylic acids is 1. The third-order valence-corrected chi connectivity index (χ3v) is 2.42. The van der Waals surface area contributed by atoms with Crippen LogP contribution in [0.25, 0.3) is 6.08 Å². The first-order chi connectivity index (χ1) is 9.56. The highest BCUT2D eigenvalue weighted by Gasteiger charge is 2.16. The Labute approximate surface area is 116 Å². The minimum absolute atomic E-state index is 0.579. The van der Waals surface area contributed by atoms with Gasteiger partial charge in [-0.25, -0.2) is 4.79 Å². The molecule has 3 N–H and O–H groups in total. The fourth-order valence-corrected chi connectivity index (χ4v) is 1.42. The molecule has 1 amide bonds. The highest BCUT2D eigenvalue weighted by atomic mass is 16.5. The lowest BCUT2D eigenvalue weighted by Gasteiger charge is -2.09. The minimum Gasteiger partial charge on any atom is -0.494 e. The van der Waals surface area contributed by atoms with Crippen LogP contribution in [0.3, 0.4) is 0 Å². The van der Waals surface area contributed by atoms with E-state index < -0.39 is 24.5 Å². The van der Waals surface area contributed by atoms with Crippen LogP contribution in [-0.2, 0) is 9.59 Å². The van der Waals surface area contributed by atoms with Crippen LogP contribution in [-0.4, -0.2) is 41.3 Å². The Morgan fingerprint density at radius 1 is 1.35 bits per heavy atom. The normalized spacial score (nSPS) is 12.1. The van der Waals surface area contributed by atoms with Gasteiger partial charge in [0.1, 0.15) is 5.75 Å². The molecule has 0 spiro atoms. The molecule has 1 aromatic rings. The minimum atomic E-state index is -1.30. The van der Waals surface area contributed by atoms with E-state index in [1.54, 1.807) is 30.3 Å². The SMILES string of the molecule is CCOc1ccc(/C=C/C(=O)NC(CO)C(=O)O)cc1. The van der Waals surface area contributed by atoms with E-state index in [4.69, 9.17) is 14.9 Å². The third kappa shape index (κ3) is 5.11. The molecule has 0 saturated carbocycles. The molecule has 0 saturated heterocycles. The molecule has 1 aromatic carbocycles. The number of hydrogen-bond acceptors (Lipinski definition) is 4. The van der Waals surface area contributed by atoms with Crippen molar-refractivity contribution in [2.24, 2.45) is 0 Å². The van der Waals surface area contributed by atoms with Gasteiger partial charge in [-0.15, -0.1) is 0 Å². The molecule has 1 unspecified atom stereocenters. The van der Waals surface area contributed by atoms with E-state index in [1.165, 1.54) is 6.08 Å². The average Bonchev–Trinajstić information content (AvgIpc) is 2.44. The monoisotopic (exact) mass is 279 g/mol. The first-order valence-corrected chi connectivity index (χ1v) is 6.12. The molecule has 6 heteroatoms. The molecular weight excluding hydrogens is 262 g/mol. The van der Waals surface area contributed by atoms with E-state index in [-0.39, 0.29) is 0 Å². The fraction of sp³-hybridized carbons (Fsp3) is 0.286. The maximum absolute atomic E-state index is 11.5. The highest BCUT2D eigenvalue weighted by Crippen LogP contribution is 2.12. The number of amides is 1. The van der Waals surface area contributed by atoms with Crippen LogP contribution in [0.1, 0.15) is 12.5 Å². The van der Waals surface area contributed by atoms with Gasteiger partial charge in [-0.2, -0.15) is 0 Å². The van der Waals surface area contributed by atoms with E-state index in [1.807, 2.05) is 6.92 Å². The third-order valence-electron chi connectivity index (χ3n) is 2.42. The van der Waals surface area contributed by atoms with Crippen LogP contribution in [0, 0.1) is 0 Å². The number of rotatable bonds is 7. The number of aliphatic hydroxyl groups is 1. The van der Waals surface area contributed by atoms with E-state index >= 15 is 0 Å². The zero-order chi connectivity index (χ0) is 15.0. The predicted molar refractivity (Wildman–Crippen MR) is 73.3 cm³/mol. The maximum Gasteiger partial charge on any atom is 0.328 e. The summed E-state index contributed by atoms with van der Waals surface area (Å²) in [6, 6.07) is 5.79. The molecular formula is C14H17NO5. The number of carboxylic acids is 1. The fourth-order valence-electron chi connectivity index (χ4n) is 1.42. The van der Waals surface area contributed by atoms with Crippen molar-refractivity contribution >= 4 is 18.0 Å². The van der Waals surface area contributed by atoms with Crippen LogP contribution in [0.5, 0.6) is 5.75 Å². The van der Waals surface area contributed by atoms with Gasteiger partial charge in [0.2, 0.25) is 5.91 Å². The Bertz CT molecular complexity index is 481. The summed E-state index contributed by atoms with van der Waals surface area (Å²) in [7, 11) is 0. The van der Waals surface area contributed by atoms with Crippen molar-refractivity contribution in [1.82, 2.24) is 5.32 Å². The molecule has 1 atom stereocenters. The van der Waals surface area contributed by atoms with Crippen molar-refractivity contribution in [2.75, 3.05) is 13.2 Å². The number of carbonyl (C=O) groups is 2. The van der Waals surface area contributed by atoms with E-state index in [0.29, 0.717) is 6.61 Å². The Hall–Kier alpha value is -2.34. The Morgan fingerprint density at radius 2 is 2.00 bits per heavy atom. The summed E-state index contributed by atoms with van der Waals surface area (Å²) in [6.45, 7) is 1.81. The second-order valence-corrected chi connectivity index (χ2v) is 3.92. The van der Waals surface area contributed by atoms with Gasteiger partial charge in [0.15, 0.2) is 6.04 Å². The number of nitrogens with one attached hydrogen (secondary N) is 1. The summed E-state index contributed by atoms with van der Waals surface area (Å²) in [4.78, 5) is 22.1. The molecule has 0 radical (unpaired) electrons. The van der Waals surface area contributed by atoms with Crippen LogP contribution in [0.15, 0.2) is 30.3 Å². The summed E-state index contributed by atoms with van der Waals surface area (Å²) < 4.78 is 5.28. The zero-order valence-electron chi connectivity index (χ0n) is 11.1. The molecule has 1 rings (SSSR count). The van der Waals surface area contributed by atoms with Gasteiger partial charge in [0.05, 0.1) is 13.2 Å². The standard InChI is InChI=1S/C14H17NO5/c1-2-20-11-6-3-10(4-7-11)5-8-13(17)15-12(9-16)14(18)19/h3-8,12,16H,2,9H2,1H3,(H,15,17)(H,18,19)/b8-5+. The summed E-state index contributed by atoms with van der Waals surface area (Å²) in [6.07, 6.45) is 2.75. The molecule has 0 aliphatic heterocycles. The van der Waals surface area contributed by atoms with Crippen LogP contribution >= 0.6 is 0 Å². The van der Waals surface area contributed by atoms with Gasteiger partial charge < -0.3 is 20.3 Å². The highest BCUT2D eigenvalue weighted by molar-refractivity contribution is 5.94. The largest absolute Gasteiger partial charge is 0.494 e. The van der Waals surface area contributed by atoms with E-state index in [0.717, 1.165) is 11.3 Å². The number of benzene rings is 1. The molecule has 6 nitrogen and oxygen atoms in total. The summed E-state index contributed by atoms with van der Waals surface area (Å²) in [5.74, 6) is -1.13. The van der Waals surface area contributed by atoms with Crippen LogP contribution in [0.2, 0.25) is 0 Å². The Balaban J connectivity index is 2.58. The Kier molecular flexibility index (Phi) is 6.25. The summed E-state index contributed by atoms with van der Waals surface area (Å²) in [5, 5.41) is 19.6. The second-order valence-electron chi connectivity index (χ2n) is 3.92. The molecule has 0 aliphatic carbocycles. The topological polar surface area (TPSA) is 95.9 Å². The molecule has 0 bridgehead atoms. The molecule has 108 valence electrons. The van der Waals surface area contributed by atoms with Gasteiger partial charge in [0.25, 0.3) is 0 Å². The second kappa shape index (κ2) is 7.96. The van der Waals surface area contributed by atoms with Gasteiger partial charge in [-0.3, -0.25) is 4.79 Å². The van der Waals surface area contributed by atoms with Crippen molar-refractivity contribution in [3.05, 3.63) is 35.9 Å². The quantitative estimate of drug-likeness (QED) is 0.637. The molecule has 0 aromatic heterocycles. The van der Waals surface area contributed by atoms with E-state index in [9.17, 15) is 9.59 Å². The first kappa shape index (κ1) is 15.7. The maximum atomic E-state index is 11.5. The first-order valence-electron chi connectivity index (χ1n) is 6.12. The van der Waals surface area contributed by atoms with Crippen molar-refractivity contribution in [2.45, 2.75) is 13.0 Å². The predicted octanol–water partition coefficient (Wildman–Crippen LogP) is 0.660. The van der Waals surface area contributed by atoms with Crippen molar-refractivity contribution in [3.8, 4) is 5.75 Å². The van der Waals surface area contributed by atoms with Crippen LogP contribution < -0.4 is 10.1 Å². The van der Waals surface area contributed by atoms with Crippen molar-refractivity contribution in [3.63, 3.8) is 0 Å². The molecule has 0 heterocycles. The smallest absolute Gasteiger partial charge is 0.328 e. The average molecular weight is 279 g/mol. The lowest BCUT2D eigenvalue weighted by Crippen LogP contribution is -2.42. The van der Waals surface area contributed by atoms with Gasteiger partial charge in [0, 0.05) is 6.08 Å². The number of hydrogen-bond donors (Lipinski definition) is 3. The molecule has 20 heavy (non-hydrogen) atoms. The Morgan fingerprint density at radius 3 is 2.50 bits per heavy atom. The lowest BCUT2D eigenvalue weighted by atomic mass is 10.2. The summed E-state index contributed by atoms with van der Waals surface area (Å²) in [5.41, 5.74) is 0.777. The zero-order valence-corrected chi connectivity index (χ0v) is 11.1. The molecule has 0 fully saturated rings. The van der Waals surface area contributed by atoms with Crippen molar-refractivity contribution < 1.29 is 24.5 Å². The number of aliphatic hydroxyl groups excluding tert-OH is 1. The lowest BCUT2D eigenvalue weighted by molar-refractivity contribution is -0.142. The summed E-state index contributed by atoms with van der Waals surface area (Å²) >= 11 is 0. The van der Waals surface area contributed by atoms with Crippen LogP contribution in [0.4, 0.5) is 0 Å².